The molecule has 0 atom stereocenters. The standard InChI is InChI=1S/C8H7NS/c1-6(2)8-4-3-7(5-9)10-8/h3-4H,1H2,2H3. The number of thiophene rings is 1. The second kappa shape index (κ2) is 2.68. The summed E-state index contributed by atoms with van der Waals surface area (Å²) in [6.45, 7) is 5.71. The van der Waals surface area contributed by atoms with Crippen molar-refractivity contribution in [2.45, 2.75) is 6.92 Å². The van der Waals surface area contributed by atoms with E-state index in [4.69, 9.17) is 5.26 Å². The lowest BCUT2D eigenvalue weighted by Gasteiger charge is -1.87. The van der Waals surface area contributed by atoms with Crippen LogP contribution in [0.2, 0.25) is 0 Å². The van der Waals surface area contributed by atoms with E-state index in [2.05, 4.69) is 12.6 Å². The third-order valence-electron chi connectivity index (χ3n) is 1.14. The summed E-state index contributed by atoms with van der Waals surface area (Å²) in [5.74, 6) is 0. The Labute approximate surface area is 64.2 Å². The van der Waals surface area contributed by atoms with Crippen LogP contribution in [-0.4, -0.2) is 0 Å². The molecule has 0 aliphatic rings. The molecule has 1 aromatic rings. The predicted molar refractivity (Wildman–Crippen MR) is 43.7 cm³/mol. The van der Waals surface area contributed by atoms with E-state index < -0.39 is 0 Å². The Bertz CT molecular complexity index is 290. The van der Waals surface area contributed by atoms with Crippen LogP contribution in [0.5, 0.6) is 0 Å². The number of nitrogens with zero attached hydrogens (tertiary/aromatic N) is 1. The lowest BCUT2D eigenvalue weighted by atomic mass is 10.3. The highest BCUT2D eigenvalue weighted by Crippen LogP contribution is 2.21. The fourth-order valence-electron chi connectivity index (χ4n) is 0.627. The summed E-state index contributed by atoms with van der Waals surface area (Å²) in [5.41, 5.74) is 1.02. The van der Waals surface area contributed by atoms with E-state index in [0.717, 1.165) is 15.3 Å². The van der Waals surface area contributed by atoms with Gasteiger partial charge in [0.1, 0.15) is 10.9 Å². The molecule has 0 radical (unpaired) electrons. The van der Waals surface area contributed by atoms with Gasteiger partial charge in [-0.05, 0) is 24.6 Å². The monoisotopic (exact) mass is 149 g/mol. The van der Waals surface area contributed by atoms with Crippen molar-refractivity contribution in [3.63, 3.8) is 0 Å². The summed E-state index contributed by atoms with van der Waals surface area (Å²) in [6, 6.07) is 5.82. The van der Waals surface area contributed by atoms with Crippen LogP contribution >= 0.6 is 11.3 Å². The summed E-state index contributed by atoms with van der Waals surface area (Å²) in [7, 11) is 0. The van der Waals surface area contributed by atoms with Gasteiger partial charge in [-0.3, -0.25) is 0 Å². The molecule has 0 aliphatic heterocycles. The van der Waals surface area contributed by atoms with Crippen LogP contribution in [0.4, 0.5) is 0 Å². The van der Waals surface area contributed by atoms with E-state index >= 15 is 0 Å². The van der Waals surface area contributed by atoms with Gasteiger partial charge in [-0.25, -0.2) is 0 Å². The molecule has 0 unspecified atom stereocenters. The SMILES string of the molecule is C=C(C)c1ccc(C#N)s1. The zero-order valence-corrected chi connectivity index (χ0v) is 6.53. The van der Waals surface area contributed by atoms with Crippen molar-refractivity contribution in [3.05, 3.63) is 28.5 Å². The average Bonchev–Trinajstić information content (AvgIpc) is 2.34. The van der Waals surface area contributed by atoms with Crippen molar-refractivity contribution >= 4 is 16.9 Å². The average molecular weight is 149 g/mol. The highest BCUT2D eigenvalue weighted by molar-refractivity contribution is 7.13. The van der Waals surface area contributed by atoms with Crippen LogP contribution in [0.25, 0.3) is 5.57 Å². The van der Waals surface area contributed by atoms with Gasteiger partial charge in [0.2, 0.25) is 0 Å². The highest BCUT2D eigenvalue weighted by Gasteiger charge is 1.97. The van der Waals surface area contributed by atoms with Crippen molar-refractivity contribution < 1.29 is 0 Å². The smallest absolute Gasteiger partial charge is 0.110 e. The van der Waals surface area contributed by atoms with Gasteiger partial charge < -0.3 is 0 Å². The molecule has 0 aromatic carbocycles. The van der Waals surface area contributed by atoms with Crippen molar-refractivity contribution in [2.75, 3.05) is 0 Å². The van der Waals surface area contributed by atoms with E-state index in [1.807, 2.05) is 19.1 Å². The maximum Gasteiger partial charge on any atom is 0.110 e. The zero-order chi connectivity index (χ0) is 7.56. The molecule has 1 heterocycles. The lowest BCUT2D eigenvalue weighted by molar-refractivity contribution is 1.52. The summed E-state index contributed by atoms with van der Waals surface area (Å²) in [4.78, 5) is 1.84. The Kier molecular flexibility index (Phi) is 1.88. The molecule has 0 aliphatic carbocycles. The molecule has 50 valence electrons. The molecule has 0 spiro atoms. The van der Waals surface area contributed by atoms with Crippen LogP contribution < -0.4 is 0 Å². The van der Waals surface area contributed by atoms with Gasteiger partial charge in [0.15, 0.2) is 0 Å². The first kappa shape index (κ1) is 7.04. The second-order valence-electron chi connectivity index (χ2n) is 2.06. The molecule has 2 heteroatoms. The third kappa shape index (κ3) is 1.26. The summed E-state index contributed by atoms with van der Waals surface area (Å²) < 4.78 is 0. The van der Waals surface area contributed by atoms with Gasteiger partial charge in [-0.2, -0.15) is 5.26 Å². The van der Waals surface area contributed by atoms with Gasteiger partial charge in [0.25, 0.3) is 0 Å². The quantitative estimate of drug-likeness (QED) is 0.602. The highest BCUT2D eigenvalue weighted by atomic mass is 32.1. The van der Waals surface area contributed by atoms with Gasteiger partial charge >= 0.3 is 0 Å². The largest absolute Gasteiger partial charge is 0.192 e. The maximum atomic E-state index is 8.46. The molecule has 0 bridgehead atoms. The number of hydrogen-bond acceptors (Lipinski definition) is 2. The van der Waals surface area contributed by atoms with Crippen molar-refractivity contribution in [1.29, 1.82) is 5.26 Å². The van der Waals surface area contributed by atoms with Gasteiger partial charge in [0, 0.05) is 4.88 Å². The van der Waals surface area contributed by atoms with E-state index in [0.29, 0.717) is 0 Å². The maximum absolute atomic E-state index is 8.46. The molecule has 0 amide bonds. The van der Waals surface area contributed by atoms with Crippen molar-refractivity contribution in [2.24, 2.45) is 0 Å². The fraction of sp³-hybridized carbons (Fsp3) is 0.125. The minimum atomic E-state index is 0.748. The molecule has 0 saturated carbocycles. The van der Waals surface area contributed by atoms with Crippen LogP contribution in [-0.2, 0) is 0 Å². The molecule has 0 saturated heterocycles. The third-order valence-corrected chi connectivity index (χ3v) is 2.29. The van der Waals surface area contributed by atoms with Crippen molar-refractivity contribution in [3.8, 4) is 6.07 Å². The minimum absolute atomic E-state index is 0.748. The first-order chi connectivity index (χ1) is 4.74. The molecular weight excluding hydrogens is 142 g/mol. The summed E-state index contributed by atoms with van der Waals surface area (Å²) in [6.07, 6.45) is 0. The first-order valence-electron chi connectivity index (χ1n) is 2.90. The van der Waals surface area contributed by atoms with Crippen LogP contribution in [0, 0.1) is 11.3 Å². The molecule has 1 nitrogen and oxygen atoms in total. The Morgan fingerprint density at radius 1 is 1.70 bits per heavy atom. The minimum Gasteiger partial charge on any atom is -0.192 e. The number of allylic oxidation sites excluding steroid dienone is 1. The molecule has 10 heavy (non-hydrogen) atoms. The number of nitriles is 1. The molecule has 1 rings (SSSR count). The zero-order valence-electron chi connectivity index (χ0n) is 5.72. The van der Waals surface area contributed by atoms with E-state index in [9.17, 15) is 0 Å². The van der Waals surface area contributed by atoms with Crippen LogP contribution in [0.1, 0.15) is 16.7 Å². The van der Waals surface area contributed by atoms with Gasteiger partial charge in [-0.1, -0.05) is 6.58 Å². The van der Waals surface area contributed by atoms with Gasteiger partial charge in [-0.15, -0.1) is 11.3 Å². The normalized spacial score (nSPS) is 8.80. The van der Waals surface area contributed by atoms with E-state index in [1.54, 1.807) is 0 Å². The van der Waals surface area contributed by atoms with Gasteiger partial charge in [0.05, 0.1) is 0 Å². The summed E-state index contributed by atoms with van der Waals surface area (Å²) >= 11 is 1.48. The van der Waals surface area contributed by atoms with E-state index in [1.165, 1.54) is 11.3 Å². The Balaban J connectivity index is 3.02. The second-order valence-corrected chi connectivity index (χ2v) is 3.14. The lowest BCUT2D eigenvalue weighted by Crippen LogP contribution is -1.62. The Hall–Kier alpha value is -1.07. The Morgan fingerprint density at radius 2 is 2.40 bits per heavy atom. The number of rotatable bonds is 1. The van der Waals surface area contributed by atoms with E-state index in [-0.39, 0.29) is 0 Å². The first-order valence-corrected chi connectivity index (χ1v) is 3.71. The molecule has 1 aromatic heterocycles. The topological polar surface area (TPSA) is 23.8 Å². The molecular formula is C8H7NS. The number of hydrogen-bond donors (Lipinski definition) is 0. The molecule has 0 N–H and O–H groups in total. The predicted octanol–water partition coefficient (Wildman–Crippen LogP) is 2.65. The van der Waals surface area contributed by atoms with Crippen molar-refractivity contribution in [1.82, 2.24) is 0 Å². The van der Waals surface area contributed by atoms with Crippen LogP contribution in [0.15, 0.2) is 18.7 Å². The van der Waals surface area contributed by atoms with Crippen LogP contribution in [0.3, 0.4) is 0 Å². The summed E-state index contributed by atoms with van der Waals surface area (Å²) in [5, 5.41) is 8.46. The molecule has 0 fully saturated rings. The Morgan fingerprint density at radius 3 is 2.70 bits per heavy atom. The fourth-order valence-corrected chi connectivity index (χ4v) is 1.36.